The van der Waals surface area contributed by atoms with E-state index in [1.165, 1.54) is 25.3 Å². The maximum absolute atomic E-state index is 10.9. The number of hydrogen-bond acceptors (Lipinski definition) is 5. The molecule has 0 saturated carbocycles. The van der Waals surface area contributed by atoms with Crippen molar-refractivity contribution in [2.45, 2.75) is 6.92 Å². The number of nitro benzene ring substituents is 1. The molecule has 1 aromatic carbocycles. The van der Waals surface area contributed by atoms with E-state index in [0.717, 1.165) is 0 Å². The minimum atomic E-state index is -0.553. The topological polar surface area (TPSA) is 82.3 Å². The molecular weight excluding hydrogens is 224 g/mol. The van der Waals surface area contributed by atoms with E-state index in [-0.39, 0.29) is 17.0 Å². The van der Waals surface area contributed by atoms with Crippen molar-refractivity contribution in [3.8, 4) is 5.75 Å². The maximum atomic E-state index is 10.9. The lowest BCUT2D eigenvalue weighted by atomic mass is 10.2. The molecule has 6 nitrogen and oxygen atoms in total. The molecule has 0 amide bonds. The molecule has 0 fully saturated rings. The average Bonchev–Trinajstić information content (AvgIpc) is 2.27. The second-order valence-electron chi connectivity index (χ2n) is 3.37. The zero-order chi connectivity index (χ0) is 12.4. The summed E-state index contributed by atoms with van der Waals surface area (Å²) in [5.74, 6) is -0.382. The van der Waals surface area contributed by atoms with E-state index >= 15 is 0 Å². The van der Waals surface area contributed by atoms with Gasteiger partial charge >= 0.3 is 5.97 Å². The summed E-state index contributed by atoms with van der Waals surface area (Å²) < 4.78 is 4.84. The summed E-state index contributed by atoms with van der Waals surface area (Å²) in [7, 11) is 0. The highest BCUT2D eigenvalue weighted by atomic mass is 16.6. The number of benzene rings is 1. The van der Waals surface area contributed by atoms with Gasteiger partial charge in [-0.1, -0.05) is 6.07 Å². The average molecular weight is 232 g/mol. The molecule has 17 heavy (non-hydrogen) atoms. The molecule has 0 atom stereocenters. The molecule has 0 radical (unpaired) electrons. The molecule has 0 aliphatic rings. The highest BCUT2D eigenvalue weighted by Crippen LogP contribution is 2.29. The lowest BCUT2D eigenvalue weighted by Gasteiger charge is -2.03. The van der Waals surface area contributed by atoms with E-state index in [9.17, 15) is 14.9 Å². The predicted molar refractivity (Wildman–Crippen MR) is 59.7 cm³/mol. The summed E-state index contributed by atoms with van der Waals surface area (Å²) in [6, 6.07) is 6.05. The van der Waals surface area contributed by atoms with E-state index in [1.54, 1.807) is 12.1 Å². The monoisotopic (exact) mass is 232 g/mol. The molecule has 86 valence electrons. The molecule has 0 bridgehead atoms. The van der Waals surface area contributed by atoms with Gasteiger partial charge in [0.2, 0.25) is 0 Å². The second kappa shape index (κ2) is 4.17. The molecule has 6 heteroatoms. The Morgan fingerprint density at radius 1 is 1.47 bits per heavy atom. The third-order valence-electron chi connectivity index (χ3n) is 2.12. The zero-order valence-corrected chi connectivity index (χ0v) is 8.91. The number of ether oxygens (including phenoxy) is 1. The first-order chi connectivity index (χ1) is 8.08. The second-order valence-corrected chi connectivity index (χ2v) is 3.37. The van der Waals surface area contributed by atoms with Crippen molar-refractivity contribution >= 4 is 22.6 Å². The largest absolute Gasteiger partial charge is 0.426 e. The molecule has 2 rings (SSSR count). The molecule has 1 aromatic heterocycles. The van der Waals surface area contributed by atoms with Crippen LogP contribution in [0.15, 0.2) is 30.5 Å². The Morgan fingerprint density at radius 3 is 2.88 bits per heavy atom. The van der Waals surface area contributed by atoms with Crippen LogP contribution in [0, 0.1) is 10.1 Å². The normalized spacial score (nSPS) is 10.2. The van der Waals surface area contributed by atoms with Crippen molar-refractivity contribution in [1.82, 2.24) is 4.98 Å². The fourth-order valence-corrected chi connectivity index (χ4v) is 1.51. The Hall–Kier alpha value is -2.50. The van der Waals surface area contributed by atoms with Crippen LogP contribution in [0.2, 0.25) is 0 Å². The number of nitro groups is 1. The smallest absolute Gasteiger partial charge is 0.308 e. The number of fused-ring (bicyclic) bond motifs is 1. The SMILES string of the molecule is CC(=O)Oc1cc([N+](=O)[O-])c2ncccc2c1. The Morgan fingerprint density at radius 2 is 2.24 bits per heavy atom. The van der Waals surface area contributed by atoms with Crippen molar-refractivity contribution in [3.63, 3.8) is 0 Å². The number of pyridine rings is 1. The number of non-ortho nitro benzene ring substituents is 1. The van der Waals surface area contributed by atoms with Crippen LogP contribution in [-0.2, 0) is 4.79 Å². The van der Waals surface area contributed by atoms with Gasteiger partial charge < -0.3 is 4.74 Å². The lowest BCUT2D eigenvalue weighted by molar-refractivity contribution is -0.383. The van der Waals surface area contributed by atoms with Crippen LogP contribution in [-0.4, -0.2) is 15.9 Å². The first-order valence-electron chi connectivity index (χ1n) is 4.79. The number of carbonyl (C=O) groups excluding carboxylic acids is 1. The number of rotatable bonds is 2. The molecule has 0 N–H and O–H groups in total. The van der Waals surface area contributed by atoms with Crippen LogP contribution >= 0.6 is 0 Å². The van der Waals surface area contributed by atoms with Gasteiger partial charge in [-0.2, -0.15) is 0 Å². The van der Waals surface area contributed by atoms with E-state index in [4.69, 9.17) is 4.74 Å². The number of aromatic nitrogens is 1. The van der Waals surface area contributed by atoms with Gasteiger partial charge in [-0.3, -0.25) is 14.9 Å². The zero-order valence-electron chi connectivity index (χ0n) is 8.91. The standard InChI is InChI=1S/C11H8N2O4/c1-7(14)17-9-5-8-3-2-4-12-11(8)10(6-9)13(15)16/h2-6H,1H3. The molecule has 0 aliphatic heterocycles. The third kappa shape index (κ3) is 2.20. The van der Waals surface area contributed by atoms with E-state index in [2.05, 4.69) is 4.98 Å². The Bertz CT molecular complexity index is 609. The third-order valence-corrected chi connectivity index (χ3v) is 2.12. The van der Waals surface area contributed by atoms with Gasteiger partial charge in [-0.05, 0) is 12.1 Å². The van der Waals surface area contributed by atoms with Crippen LogP contribution < -0.4 is 4.74 Å². The summed E-state index contributed by atoms with van der Waals surface area (Å²) in [6.45, 7) is 1.24. The molecule has 0 aliphatic carbocycles. The number of nitrogens with zero attached hydrogens (tertiary/aromatic N) is 2. The maximum Gasteiger partial charge on any atom is 0.308 e. The summed E-state index contributed by atoms with van der Waals surface area (Å²) >= 11 is 0. The Kier molecular flexibility index (Phi) is 2.70. The van der Waals surface area contributed by atoms with Crippen molar-refractivity contribution < 1.29 is 14.5 Å². The van der Waals surface area contributed by atoms with Crippen LogP contribution in [0.4, 0.5) is 5.69 Å². The van der Waals surface area contributed by atoms with Crippen LogP contribution in [0.5, 0.6) is 5.75 Å². The van der Waals surface area contributed by atoms with Gasteiger partial charge in [-0.25, -0.2) is 4.98 Å². The van der Waals surface area contributed by atoms with Crippen molar-refractivity contribution in [3.05, 3.63) is 40.6 Å². The van der Waals surface area contributed by atoms with Gasteiger partial charge in [0.15, 0.2) is 0 Å². The van der Waals surface area contributed by atoms with Crippen molar-refractivity contribution in [1.29, 1.82) is 0 Å². The van der Waals surface area contributed by atoms with Crippen LogP contribution in [0.3, 0.4) is 0 Å². The number of hydrogen-bond donors (Lipinski definition) is 0. The minimum Gasteiger partial charge on any atom is -0.426 e. The lowest BCUT2D eigenvalue weighted by Crippen LogP contribution is -2.02. The molecule has 2 aromatic rings. The fourth-order valence-electron chi connectivity index (χ4n) is 1.51. The number of esters is 1. The van der Waals surface area contributed by atoms with Gasteiger partial charge in [0.25, 0.3) is 5.69 Å². The fraction of sp³-hybridized carbons (Fsp3) is 0.0909. The van der Waals surface area contributed by atoms with Crippen LogP contribution in [0.1, 0.15) is 6.92 Å². The van der Waals surface area contributed by atoms with Gasteiger partial charge in [-0.15, -0.1) is 0 Å². The summed E-state index contributed by atoms with van der Waals surface area (Å²) in [4.78, 5) is 25.1. The Labute approximate surface area is 96.0 Å². The molecule has 0 spiro atoms. The van der Waals surface area contributed by atoms with Crippen molar-refractivity contribution in [2.24, 2.45) is 0 Å². The van der Waals surface area contributed by atoms with E-state index in [1.807, 2.05) is 0 Å². The molecule has 0 saturated heterocycles. The Balaban J connectivity index is 2.67. The highest BCUT2D eigenvalue weighted by molar-refractivity contribution is 5.89. The van der Waals surface area contributed by atoms with Crippen molar-refractivity contribution in [2.75, 3.05) is 0 Å². The van der Waals surface area contributed by atoms with Gasteiger partial charge in [0.1, 0.15) is 11.3 Å². The summed E-state index contributed by atoms with van der Waals surface area (Å²) in [6.07, 6.45) is 1.47. The minimum absolute atomic E-state index is 0.143. The first kappa shape index (κ1) is 11.0. The van der Waals surface area contributed by atoms with Crippen LogP contribution in [0.25, 0.3) is 10.9 Å². The van der Waals surface area contributed by atoms with E-state index in [0.29, 0.717) is 5.39 Å². The highest BCUT2D eigenvalue weighted by Gasteiger charge is 2.16. The molecule has 0 unspecified atom stereocenters. The molecular formula is C11H8N2O4. The summed E-state index contributed by atoms with van der Waals surface area (Å²) in [5.41, 5.74) is 0.0905. The number of carbonyl (C=O) groups is 1. The predicted octanol–water partition coefficient (Wildman–Crippen LogP) is 2.07. The van der Waals surface area contributed by atoms with Gasteiger partial charge in [0, 0.05) is 18.5 Å². The quantitative estimate of drug-likeness (QED) is 0.342. The van der Waals surface area contributed by atoms with Gasteiger partial charge in [0.05, 0.1) is 11.0 Å². The summed E-state index contributed by atoms with van der Waals surface area (Å²) in [5, 5.41) is 11.4. The van der Waals surface area contributed by atoms with E-state index < -0.39 is 10.9 Å². The molecule has 1 heterocycles. The first-order valence-corrected chi connectivity index (χ1v) is 4.79.